The van der Waals surface area contributed by atoms with Crippen molar-refractivity contribution in [3.05, 3.63) is 66.7 Å². The Kier molecular flexibility index (Phi) is 4.97. The van der Waals surface area contributed by atoms with E-state index >= 15 is 0 Å². The van der Waals surface area contributed by atoms with E-state index in [0.29, 0.717) is 11.4 Å². The lowest BCUT2D eigenvalue weighted by molar-refractivity contribution is -0.274. The highest BCUT2D eigenvalue weighted by molar-refractivity contribution is 6.03. The van der Waals surface area contributed by atoms with Crippen molar-refractivity contribution < 1.29 is 22.7 Å². The minimum absolute atomic E-state index is 0.0251. The van der Waals surface area contributed by atoms with E-state index in [1.807, 2.05) is 42.5 Å². The summed E-state index contributed by atoms with van der Waals surface area (Å²) in [6, 6.07) is 18.5. The van der Waals surface area contributed by atoms with Gasteiger partial charge in [0, 0.05) is 16.8 Å². The van der Waals surface area contributed by atoms with Crippen LogP contribution < -0.4 is 15.4 Å². The molecule has 0 spiro atoms. The molecule has 0 bridgehead atoms. The molecular formula is C19H15F3N2O2. The van der Waals surface area contributed by atoms with Crippen LogP contribution in [0.4, 0.5) is 24.5 Å². The van der Waals surface area contributed by atoms with Gasteiger partial charge >= 0.3 is 6.36 Å². The third-order valence-electron chi connectivity index (χ3n) is 3.60. The molecule has 0 fully saturated rings. The molecule has 134 valence electrons. The zero-order valence-corrected chi connectivity index (χ0v) is 13.5. The summed E-state index contributed by atoms with van der Waals surface area (Å²) in [5.41, 5.74) is 1.21. The molecule has 0 aliphatic heterocycles. The van der Waals surface area contributed by atoms with Crippen molar-refractivity contribution in [1.82, 2.24) is 0 Å². The molecular weight excluding hydrogens is 345 g/mol. The SMILES string of the molecule is O=C(CNc1ccc(OC(F)(F)F)cc1)Nc1cccc2ccccc12. The highest BCUT2D eigenvalue weighted by Crippen LogP contribution is 2.24. The van der Waals surface area contributed by atoms with Gasteiger partial charge in [-0.15, -0.1) is 13.2 Å². The molecule has 0 aromatic heterocycles. The Morgan fingerprint density at radius 1 is 0.923 bits per heavy atom. The number of anilines is 2. The van der Waals surface area contributed by atoms with Gasteiger partial charge in [0.1, 0.15) is 5.75 Å². The molecule has 26 heavy (non-hydrogen) atoms. The van der Waals surface area contributed by atoms with Gasteiger partial charge in [-0.3, -0.25) is 4.79 Å². The Morgan fingerprint density at radius 3 is 2.35 bits per heavy atom. The van der Waals surface area contributed by atoms with E-state index < -0.39 is 6.36 Å². The van der Waals surface area contributed by atoms with Crippen molar-refractivity contribution in [2.24, 2.45) is 0 Å². The molecule has 0 aliphatic rings. The first-order valence-electron chi connectivity index (χ1n) is 7.78. The van der Waals surface area contributed by atoms with E-state index in [2.05, 4.69) is 15.4 Å². The van der Waals surface area contributed by atoms with Crippen molar-refractivity contribution in [2.45, 2.75) is 6.36 Å². The van der Waals surface area contributed by atoms with E-state index in [-0.39, 0.29) is 18.2 Å². The average Bonchev–Trinajstić information content (AvgIpc) is 2.60. The second-order valence-corrected chi connectivity index (χ2v) is 5.50. The molecule has 0 aliphatic carbocycles. The first-order chi connectivity index (χ1) is 12.4. The molecule has 3 rings (SSSR count). The van der Waals surface area contributed by atoms with Crippen LogP contribution in [0.3, 0.4) is 0 Å². The van der Waals surface area contributed by atoms with Crippen LogP contribution >= 0.6 is 0 Å². The smallest absolute Gasteiger partial charge is 0.406 e. The normalized spacial score (nSPS) is 11.2. The van der Waals surface area contributed by atoms with Crippen molar-refractivity contribution in [2.75, 3.05) is 17.2 Å². The zero-order valence-electron chi connectivity index (χ0n) is 13.5. The lowest BCUT2D eigenvalue weighted by Crippen LogP contribution is -2.22. The number of amides is 1. The number of hydrogen-bond acceptors (Lipinski definition) is 3. The zero-order chi connectivity index (χ0) is 18.6. The lowest BCUT2D eigenvalue weighted by Gasteiger charge is -2.11. The van der Waals surface area contributed by atoms with E-state index in [9.17, 15) is 18.0 Å². The summed E-state index contributed by atoms with van der Waals surface area (Å²) in [6.07, 6.45) is -4.73. The Hall–Kier alpha value is -3.22. The molecule has 1 amide bonds. The van der Waals surface area contributed by atoms with Crippen LogP contribution in [-0.2, 0) is 4.79 Å². The highest BCUT2D eigenvalue weighted by atomic mass is 19.4. The molecule has 3 aromatic carbocycles. The number of alkyl halides is 3. The molecule has 3 aromatic rings. The fraction of sp³-hybridized carbons (Fsp3) is 0.105. The van der Waals surface area contributed by atoms with Crippen LogP contribution in [0.25, 0.3) is 10.8 Å². The van der Waals surface area contributed by atoms with E-state index in [1.165, 1.54) is 24.3 Å². The Balaban J connectivity index is 1.59. The van der Waals surface area contributed by atoms with Gasteiger partial charge in [-0.25, -0.2) is 0 Å². The van der Waals surface area contributed by atoms with Crippen LogP contribution in [-0.4, -0.2) is 18.8 Å². The number of hydrogen-bond donors (Lipinski definition) is 2. The molecule has 0 radical (unpaired) electrons. The maximum Gasteiger partial charge on any atom is 0.573 e. The van der Waals surface area contributed by atoms with Gasteiger partial charge in [-0.05, 0) is 35.7 Å². The van der Waals surface area contributed by atoms with Crippen LogP contribution in [0.1, 0.15) is 0 Å². The summed E-state index contributed by atoms with van der Waals surface area (Å²) in [7, 11) is 0. The minimum Gasteiger partial charge on any atom is -0.406 e. The van der Waals surface area contributed by atoms with Crippen molar-refractivity contribution in [1.29, 1.82) is 0 Å². The van der Waals surface area contributed by atoms with Gasteiger partial charge in [0.05, 0.1) is 6.54 Å². The molecule has 7 heteroatoms. The third-order valence-corrected chi connectivity index (χ3v) is 3.60. The highest BCUT2D eigenvalue weighted by Gasteiger charge is 2.30. The van der Waals surface area contributed by atoms with Crippen molar-refractivity contribution in [3.63, 3.8) is 0 Å². The van der Waals surface area contributed by atoms with Crippen LogP contribution in [0.15, 0.2) is 66.7 Å². The number of carbonyl (C=O) groups excluding carboxylic acids is 1. The maximum atomic E-state index is 12.1. The largest absolute Gasteiger partial charge is 0.573 e. The predicted molar refractivity (Wildman–Crippen MR) is 94.2 cm³/mol. The quantitative estimate of drug-likeness (QED) is 0.688. The fourth-order valence-electron chi connectivity index (χ4n) is 2.49. The summed E-state index contributed by atoms with van der Waals surface area (Å²) in [4.78, 5) is 12.1. The molecule has 0 unspecified atom stereocenters. The molecule has 0 atom stereocenters. The number of benzene rings is 3. The summed E-state index contributed by atoms with van der Waals surface area (Å²) < 4.78 is 40.2. The van der Waals surface area contributed by atoms with Gasteiger partial charge < -0.3 is 15.4 Å². The minimum atomic E-state index is -4.73. The number of ether oxygens (including phenoxy) is 1. The standard InChI is InChI=1S/C19H15F3N2O2/c20-19(21,22)26-15-10-8-14(9-11-15)23-12-18(25)24-17-7-3-5-13-4-1-2-6-16(13)17/h1-11,23H,12H2,(H,24,25). The van der Waals surface area contributed by atoms with Gasteiger partial charge in [-0.1, -0.05) is 36.4 Å². The summed E-state index contributed by atoms with van der Waals surface area (Å²) in [5.74, 6) is -0.583. The van der Waals surface area contributed by atoms with Crippen LogP contribution in [0.2, 0.25) is 0 Å². The van der Waals surface area contributed by atoms with Gasteiger partial charge in [-0.2, -0.15) is 0 Å². The summed E-state index contributed by atoms with van der Waals surface area (Å²) >= 11 is 0. The first-order valence-corrected chi connectivity index (χ1v) is 7.78. The second-order valence-electron chi connectivity index (χ2n) is 5.50. The Morgan fingerprint density at radius 2 is 1.62 bits per heavy atom. The van der Waals surface area contributed by atoms with Crippen LogP contribution in [0.5, 0.6) is 5.75 Å². The number of nitrogens with one attached hydrogen (secondary N) is 2. The lowest BCUT2D eigenvalue weighted by atomic mass is 10.1. The fourth-order valence-corrected chi connectivity index (χ4v) is 2.49. The Labute approximate surface area is 147 Å². The first kappa shape index (κ1) is 17.6. The van der Waals surface area contributed by atoms with E-state index in [0.717, 1.165) is 10.8 Å². The molecule has 0 saturated heterocycles. The van der Waals surface area contributed by atoms with Crippen molar-refractivity contribution in [3.8, 4) is 5.75 Å². The summed E-state index contributed by atoms with van der Waals surface area (Å²) in [6.45, 7) is -0.0251. The van der Waals surface area contributed by atoms with Crippen LogP contribution in [0, 0.1) is 0 Å². The monoisotopic (exact) mass is 360 g/mol. The van der Waals surface area contributed by atoms with E-state index in [4.69, 9.17) is 0 Å². The molecule has 2 N–H and O–H groups in total. The number of rotatable bonds is 5. The van der Waals surface area contributed by atoms with Gasteiger partial charge in [0.2, 0.25) is 5.91 Å². The van der Waals surface area contributed by atoms with E-state index in [1.54, 1.807) is 0 Å². The number of fused-ring (bicyclic) bond motifs is 1. The summed E-state index contributed by atoms with van der Waals surface area (Å²) in [5, 5.41) is 7.62. The maximum absolute atomic E-state index is 12.1. The van der Waals surface area contributed by atoms with Gasteiger partial charge in [0.15, 0.2) is 0 Å². The number of halogens is 3. The van der Waals surface area contributed by atoms with Gasteiger partial charge in [0.25, 0.3) is 0 Å². The predicted octanol–water partition coefficient (Wildman–Crippen LogP) is 4.79. The Bertz CT molecular complexity index is 903. The third kappa shape index (κ3) is 4.66. The molecule has 4 nitrogen and oxygen atoms in total. The average molecular weight is 360 g/mol. The topological polar surface area (TPSA) is 50.4 Å². The number of carbonyl (C=O) groups is 1. The molecule has 0 heterocycles. The van der Waals surface area contributed by atoms with Crippen molar-refractivity contribution >= 4 is 28.1 Å². The second kappa shape index (κ2) is 7.35. The molecule has 0 saturated carbocycles.